The molecule has 29 heavy (non-hydrogen) atoms. The van der Waals surface area contributed by atoms with E-state index in [4.69, 9.17) is 21.1 Å². The molecule has 4 rings (SSSR count). The third-order valence-electron chi connectivity index (χ3n) is 6.03. The average Bonchev–Trinajstić information content (AvgIpc) is 3.15. The van der Waals surface area contributed by atoms with Crippen LogP contribution in [0.15, 0.2) is 29.7 Å². The lowest BCUT2D eigenvalue weighted by atomic mass is 9.73. The van der Waals surface area contributed by atoms with E-state index >= 15 is 0 Å². The van der Waals surface area contributed by atoms with Gasteiger partial charge in [0.2, 0.25) is 0 Å². The first kappa shape index (κ1) is 20.2. The van der Waals surface area contributed by atoms with Gasteiger partial charge in [-0.2, -0.15) is 5.10 Å². The van der Waals surface area contributed by atoms with Crippen LogP contribution in [0.1, 0.15) is 63.7 Å². The van der Waals surface area contributed by atoms with Crippen molar-refractivity contribution in [1.82, 2.24) is 9.78 Å². The minimum Gasteiger partial charge on any atom is -0.512 e. The van der Waals surface area contributed by atoms with Crippen LogP contribution in [0.3, 0.4) is 0 Å². The zero-order chi connectivity index (χ0) is 20.5. The van der Waals surface area contributed by atoms with Crippen molar-refractivity contribution in [1.29, 1.82) is 0 Å². The van der Waals surface area contributed by atoms with Crippen molar-refractivity contribution in [2.24, 2.45) is 5.92 Å². The number of nitrogens with zero attached hydrogens (tertiary/aromatic N) is 2. The second-order valence-corrected chi connectivity index (χ2v) is 8.29. The Hall–Kier alpha value is -2.05. The highest BCUT2D eigenvalue weighted by molar-refractivity contribution is 6.32. The summed E-state index contributed by atoms with van der Waals surface area (Å²) in [5, 5.41) is 16.6. The summed E-state index contributed by atoms with van der Waals surface area (Å²) in [6, 6.07) is 3.80. The van der Waals surface area contributed by atoms with Gasteiger partial charge < -0.3 is 14.6 Å². The number of aliphatic hydroxyl groups excluding tert-OH is 1. The molecule has 1 N–H and O–H groups in total. The molecule has 0 spiro atoms. The van der Waals surface area contributed by atoms with Gasteiger partial charge in [-0.15, -0.1) is 0 Å². The minimum atomic E-state index is -0.474. The van der Waals surface area contributed by atoms with E-state index in [0.717, 1.165) is 48.8 Å². The number of rotatable bonds is 4. The van der Waals surface area contributed by atoms with Crippen molar-refractivity contribution in [2.45, 2.75) is 58.1 Å². The number of ether oxygens (including phenoxy) is 2. The number of esters is 1. The molecule has 0 bridgehead atoms. The molecule has 0 radical (unpaired) electrons. The number of benzene rings is 1. The Morgan fingerprint density at radius 3 is 2.93 bits per heavy atom. The summed E-state index contributed by atoms with van der Waals surface area (Å²) in [4.78, 5) is 12.7. The van der Waals surface area contributed by atoms with Gasteiger partial charge in [0.15, 0.2) is 6.23 Å². The van der Waals surface area contributed by atoms with E-state index in [-0.39, 0.29) is 30.4 Å². The maximum atomic E-state index is 12.7. The summed E-state index contributed by atoms with van der Waals surface area (Å²) in [7, 11) is 0. The summed E-state index contributed by atoms with van der Waals surface area (Å²) < 4.78 is 13.1. The fraction of sp³-hybridized carbons (Fsp3) is 0.545. The third kappa shape index (κ3) is 3.64. The summed E-state index contributed by atoms with van der Waals surface area (Å²) in [6.45, 7) is 4.83. The van der Waals surface area contributed by atoms with E-state index in [9.17, 15) is 9.90 Å². The summed E-state index contributed by atoms with van der Waals surface area (Å²) in [5.74, 6) is -0.591. The van der Waals surface area contributed by atoms with Crippen LogP contribution >= 0.6 is 11.6 Å². The molecule has 1 unspecified atom stereocenters. The van der Waals surface area contributed by atoms with E-state index in [1.54, 1.807) is 13.1 Å². The first-order chi connectivity index (χ1) is 14.0. The molecule has 3 atom stereocenters. The number of halogens is 1. The molecule has 0 amide bonds. The first-order valence-electron chi connectivity index (χ1n) is 10.4. The quantitative estimate of drug-likeness (QED) is 0.684. The second-order valence-electron chi connectivity index (χ2n) is 7.88. The number of allylic oxidation sites excluding steroid dienone is 1. The summed E-state index contributed by atoms with van der Waals surface area (Å²) in [5.41, 5.74) is 2.08. The lowest BCUT2D eigenvalue weighted by molar-refractivity contribution is -0.139. The highest BCUT2D eigenvalue weighted by Crippen LogP contribution is 2.46. The molecule has 7 heteroatoms. The van der Waals surface area contributed by atoms with Gasteiger partial charge in [0, 0.05) is 29.4 Å². The third-order valence-corrected chi connectivity index (χ3v) is 6.36. The molecule has 0 saturated carbocycles. The van der Waals surface area contributed by atoms with Crippen molar-refractivity contribution in [2.75, 3.05) is 13.2 Å². The Balaban J connectivity index is 1.85. The van der Waals surface area contributed by atoms with Crippen molar-refractivity contribution in [3.8, 4) is 0 Å². The van der Waals surface area contributed by atoms with Crippen LogP contribution in [0.4, 0.5) is 0 Å². The van der Waals surface area contributed by atoms with Gasteiger partial charge >= 0.3 is 5.97 Å². The first-order valence-corrected chi connectivity index (χ1v) is 10.8. The standard InChI is InChI=1S/C22H27ClN2O4/c1-3-28-22(27)21-17(26)10-7-13(2)19(21)20-14-12-24-25(16(14)9-8-15(20)23)18-6-4-5-11-29-18/h8-9,12-13,18-19,26H,3-7,10-11H2,1-2H3/t13-,18?,19-/m1/s1. The Labute approximate surface area is 175 Å². The molecule has 2 heterocycles. The highest BCUT2D eigenvalue weighted by Gasteiger charge is 2.38. The van der Waals surface area contributed by atoms with Gasteiger partial charge in [-0.25, -0.2) is 9.48 Å². The topological polar surface area (TPSA) is 73.6 Å². The number of fused-ring (bicyclic) bond motifs is 1. The minimum absolute atomic E-state index is 0.0903. The summed E-state index contributed by atoms with van der Waals surface area (Å²) in [6.07, 6.45) is 6.04. The second kappa shape index (κ2) is 8.36. The summed E-state index contributed by atoms with van der Waals surface area (Å²) >= 11 is 6.67. The van der Waals surface area contributed by atoms with E-state index in [0.29, 0.717) is 17.0 Å². The van der Waals surface area contributed by atoms with Crippen LogP contribution in [0.2, 0.25) is 5.02 Å². The normalized spacial score (nSPS) is 25.4. The van der Waals surface area contributed by atoms with E-state index < -0.39 is 5.97 Å². The van der Waals surface area contributed by atoms with Gasteiger partial charge in [0.1, 0.15) is 5.76 Å². The molecule has 1 aliphatic carbocycles. The molecule has 2 aliphatic rings. The molecule has 156 valence electrons. The monoisotopic (exact) mass is 418 g/mol. The van der Waals surface area contributed by atoms with Gasteiger partial charge in [0.25, 0.3) is 0 Å². The van der Waals surface area contributed by atoms with Crippen LogP contribution in [0, 0.1) is 5.92 Å². The van der Waals surface area contributed by atoms with Crippen LogP contribution in [0.5, 0.6) is 0 Å². The van der Waals surface area contributed by atoms with E-state index in [1.165, 1.54) is 0 Å². The molecule has 1 aromatic heterocycles. The number of aliphatic hydroxyl groups is 1. The van der Waals surface area contributed by atoms with Gasteiger partial charge in [-0.05, 0) is 56.2 Å². The van der Waals surface area contributed by atoms with Crippen molar-refractivity contribution in [3.05, 3.63) is 40.2 Å². The van der Waals surface area contributed by atoms with Crippen molar-refractivity contribution < 1.29 is 19.4 Å². The van der Waals surface area contributed by atoms with Crippen molar-refractivity contribution in [3.63, 3.8) is 0 Å². The Morgan fingerprint density at radius 1 is 1.38 bits per heavy atom. The average molecular weight is 419 g/mol. The molecule has 1 aromatic carbocycles. The molecule has 1 fully saturated rings. The number of carbonyl (C=O) groups is 1. The number of hydrogen-bond donors (Lipinski definition) is 1. The molecule has 6 nitrogen and oxygen atoms in total. The Bertz CT molecular complexity index is 946. The zero-order valence-corrected chi connectivity index (χ0v) is 17.6. The molecule has 1 aliphatic heterocycles. The lowest BCUT2D eigenvalue weighted by Gasteiger charge is -2.32. The fourth-order valence-corrected chi connectivity index (χ4v) is 4.87. The molecule has 2 aromatic rings. The van der Waals surface area contributed by atoms with Gasteiger partial charge in [0.05, 0.1) is 23.9 Å². The Morgan fingerprint density at radius 2 is 2.21 bits per heavy atom. The largest absolute Gasteiger partial charge is 0.512 e. The van der Waals surface area contributed by atoms with Crippen LogP contribution in [0.25, 0.3) is 10.9 Å². The van der Waals surface area contributed by atoms with Crippen LogP contribution in [-0.2, 0) is 14.3 Å². The lowest BCUT2D eigenvalue weighted by Crippen LogP contribution is -2.26. The smallest absolute Gasteiger partial charge is 0.338 e. The fourth-order valence-electron chi connectivity index (χ4n) is 4.59. The molecule has 1 saturated heterocycles. The van der Waals surface area contributed by atoms with Gasteiger partial charge in [-0.3, -0.25) is 0 Å². The predicted octanol–water partition coefficient (Wildman–Crippen LogP) is 5.28. The predicted molar refractivity (Wildman–Crippen MR) is 111 cm³/mol. The highest BCUT2D eigenvalue weighted by atomic mass is 35.5. The SMILES string of the molecule is CCOC(=O)C1=C(O)CC[C@@H](C)[C@@H]1c1c(Cl)ccc2c1cnn2C1CCCCO1. The van der Waals surface area contributed by atoms with Crippen molar-refractivity contribution >= 4 is 28.5 Å². The van der Waals surface area contributed by atoms with Crippen LogP contribution < -0.4 is 0 Å². The maximum absolute atomic E-state index is 12.7. The molecular weight excluding hydrogens is 392 g/mol. The maximum Gasteiger partial charge on any atom is 0.338 e. The number of carbonyl (C=O) groups excluding carboxylic acids is 1. The molecular formula is C22H27ClN2O4. The van der Waals surface area contributed by atoms with E-state index in [2.05, 4.69) is 12.0 Å². The van der Waals surface area contributed by atoms with E-state index in [1.807, 2.05) is 16.8 Å². The zero-order valence-electron chi connectivity index (χ0n) is 16.9. The van der Waals surface area contributed by atoms with Gasteiger partial charge in [-0.1, -0.05) is 18.5 Å². The van der Waals surface area contributed by atoms with Crippen LogP contribution in [-0.4, -0.2) is 34.1 Å². The number of aromatic nitrogens is 2. The Kier molecular flexibility index (Phi) is 5.83. The number of hydrogen-bond acceptors (Lipinski definition) is 5.